The summed E-state index contributed by atoms with van der Waals surface area (Å²) in [6.45, 7) is 3.47. The highest BCUT2D eigenvalue weighted by atomic mass is 33.1. The van der Waals surface area contributed by atoms with E-state index < -0.39 is 0 Å². The summed E-state index contributed by atoms with van der Waals surface area (Å²) in [5.41, 5.74) is 0. The molecule has 0 nitrogen and oxygen atoms in total. The van der Waals surface area contributed by atoms with Crippen LogP contribution in [0.25, 0.3) is 0 Å². The summed E-state index contributed by atoms with van der Waals surface area (Å²) in [4.78, 5) is 1.04. The van der Waals surface area contributed by atoms with E-state index in [0.717, 1.165) is 4.91 Å². The highest BCUT2D eigenvalue weighted by Crippen LogP contribution is 2.33. The van der Waals surface area contributed by atoms with Crippen LogP contribution in [0.1, 0.15) is 0 Å². The third kappa shape index (κ3) is 3.44. The zero-order valence-corrected chi connectivity index (χ0v) is 7.97. The van der Waals surface area contributed by atoms with Crippen molar-refractivity contribution in [3.63, 3.8) is 0 Å². The van der Waals surface area contributed by atoms with Gasteiger partial charge in [-0.3, -0.25) is 0 Å². The van der Waals surface area contributed by atoms with Crippen LogP contribution in [0.3, 0.4) is 0 Å². The minimum Gasteiger partial charge on any atom is -0.0906 e. The first-order valence-corrected chi connectivity index (χ1v) is 5.47. The Morgan fingerprint density at radius 3 is 3.00 bits per heavy atom. The average Bonchev–Trinajstić information content (AvgIpc) is 2.14. The Balaban J connectivity index is 2.58. The second kappa shape index (κ2) is 5.66. The van der Waals surface area contributed by atoms with E-state index in [0.29, 0.717) is 0 Å². The second-order valence-corrected chi connectivity index (χ2v) is 3.91. The Bertz CT molecular complexity index is 340. The molecule has 0 amide bonds. The van der Waals surface area contributed by atoms with Crippen LogP contribution in [0.15, 0.2) is 35.1 Å². The summed E-state index contributed by atoms with van der Waals surface area (Å²) in [6.07, 6.45) is 5.49. The molecular formula is C10H6S2. The van der Waals surface area contributed by atoms with E-state index in [1.165, 1.54) is 6.08 Å². The molecule has 1 aliphatic rings. The monoisotopic (exact) mass is 190 g/mol. The Morgan fingerprint density at radius 1 is 1.42 bits per heavy atom. The topological polar surface area (TPSA) is 0 Å². The zero-order valence-electron chi connectivity index (χ0n) is 6.33. The molecule has 1 rings (SSSR count). The number of allylic oxidation sites excluding steroid dienone is 4. The Hall–Kier alpha value is -0.960. The minimum absolute atomic E-state index is 1.04. The molecule has 1 aliphatic heterocycles. The van der Waals surface area contributed by atoms with Crippen molar-refractivity contribution in [2.75, 3.05) is 0 Å². The average molecular weight is 190 g/mol. The van der Waals surface area contributed by atoms with Gasteiger partial charge >= 0.3 is 0 Å². The van der Waals surface area contributed by atoms with E-state index in [1.807, 2.05) is 17.6 Å². The summed E-state index contributed by atoms with van der Waals surface area (Å²) in [6, 6.07) is 0. The van der Waals surface area contributed by atoms with E-state index in [4.69, 9.17) is 0 Å². The van der Waals surface area contributed by atoms with Gasteiger partial charge in [-0.2, -0.15) is 0 Å². The van der Waals surface area contributed by atoms with Gasteiger partial charge in [0.25, 0.3) is 0 Å². The van der Waals surface area contributed by atoms with Crippen LogP contribution in [-0.4, -0.2) is 0 Å². The van der Waals surface area contributed by atoms with Crippen LogP contribution < -0.4 is 0 Å². The Morgan fingerprint density at radius 2 is 2.33 bits per heavy atom. The maximum atomic E-state index is 3.47. The van der Waals surface area contributed by atoms with E-state index in [1.54, 1.807) is 21.6 Å². The summed E-state index contributed by atoms with van der Waals surface area (Å²) >= 11 is 0. The molecule has 0 N–H and O–H groups in total. The molecule has 0 aliphatic carbocycles. The lowest BCUT2D eigenvalue weighted by molar-refractivity contribution is 1.97. The molecule has 0 radical (unpaired) electrons. The van der Waals surface area contributed by atoms with E-state index in [-0.39, 0.29) is 0 Å². The molecule has 0 aromatic rings. The van der Waals surface area contributed by atoms with Crippen LogP contribution in [0, 0.1) is 23.7 Å². The smallest absolute Gasteiger partial charge is 0.0695 e. The molecule has 58 valence electrons. The van der Waals surface area contributed by atoms with Crippen molar-refractivity contribution in [2.24, 2.45) is 0 Å². The van der Waals surface area contributed by atoms with Crippen molar-refractivity contribution in [1.29, 1.82) is 0 Å². The highest BCUT2D eigenvalue weighted by Gasteiger charge is 1.94. The van der Waals surface area contributed by atoms with Gasteiger partial charge < -0.3 is 0 Å². The van der Waals surface area contributed by atoms with Gasteiger partial charge in [0.2, 0.25) is 0 Å². The van der Waals surface area contributed by atoms with Crippen molar-refractivity contribution < 1.29 is 0 Å². The lowest BCUT2D eigenvalue weighted by Gasteiger charge is -1.96. The summed E-state index contributed by atoms with van der Waals surface area (Å²) < 4.78 is 0. The van der Waals surface area contributed by atoms with Crippen molar-refractivity contribution in [1.82, 2.24) is 0 Å². The largest absolute Gasteiger partial charge is 0.0906 e. The SMILES string of the molecule is C=CC#CC#CC1=CC=CSS1. The fourth-order valence-corrected chi connectivity index (χ4v) is 2.00. The molecule has 0 aromatic heterocycles. The Kier molecular flexibility index (Phi) is 4.31. The van der Waals surface area contributed by atoms with E-state index >= 15 is 0 Å². The van der Waals surface area contributed by atoms with Crippen molar-refractivity contribution >= 4 is 21.6 Å². The first kappa shape index (κ1) is 9.13. The fraction of sp³-hybridized carbons (Fsp3) is 0. The van der Waals surface area contributed by atoms with Gasteiger partial charge in [-0.05, 0) is 46.1 Å². The van der Waals surface area contributed by atoms with Gasteiger partial charge in [0, 0.05) is 0 Å². The molecule has 0 fully saturated rings. The van der Waals surface area contributed by atoms with E-state index in [9.17, 15) is 0 Å². The molecule has 0 saturated carbocycles. The molecule has 12 heavy (non-hydrogen) atoms. The third-order valence-corrected chi connectivity index (χ3v) is 2.88. The molecular weight excluding hydrogens is 184 g/mol. The van der Waals surface area contributed by atoms with Crippen LogP contribution in [0.2, 0.25) is 0 Å². The molecule has 1 heterocycles. The number of hydrogen-bond donors (Lipinski definition) is 0. The van der Waals surface area contributed by atoms with Gasteiger partial charge in [-0.25, -0.2) is 0 Å². The van der Waals surface area contributed by atoms with Gasteiger partial charge in [0.15, 0.2) is 0 Å². The van der Waals surface area contributed by atoms with E-state index in [2.05, 4.69) is 30.3 Å². The van der Waals surface area contributed by atoms with Crippen molar-refractivity contribution in [3.05, 3.63) is 35.1 Å². The first-order valence-electron chi connectivity index (χ1n) is 3.26. The molecule has 0 bridgehead atoms. The van der Waals surface area contributed by atoms with Crippen molar-refractivity contribution in [3.8, 4) is 23.7 Å². The maximum absolute atomic E-state index is 3.47. The van der Waals surface area contributed by atoms with Crippen molar-refractivity contribution in [2.45, 2.75) is 0 Å². The first-order chi connectivity index (χ1) is 5.93. The molecule has 0 atom stereocenters. The predicted octanol–water partition coefficient (Wildman–Crippen LogP) is 2.97. The lowest BCUT2D eigenvalue weighted by Crippen LogP contribution is -1.69. The minimum atomic E-state index is 1.04. The van der Waals surface area contributed by atoms with Crippen LogP contribution in [0.4, 0.5) is 0 Å². The van der Waals surface area contributed by atoms with Crippen LogP contribution in [-0.2, 0) is 0 Å². The van der Waals surface area contributed by atoms with Gasteiger partial charge in [-0.15, -0.1) is 0 Å². The highest BCUT2D eigenvalue weighted by molar-refractivity contribution is 8.79. The maximum Gasteiger partial charge on any atom is 0.0695 e. The Labute approximate surface area is 80.6 Å². The normalized spacial score (nSPS) is 13.2. The van der Waals surface area contributed by atoms with Crippen LogP contribution in [0.5, 0.6) is 0 Å². The number of rotatable bonds is 0. The molecule has 0 aromatic carbocycles. The lowest BCUT2D eigenvalue weighted by atomic mass is 10.4. The fourth-order valence-electron chi connectivity index (χ4n) is 0.509. The molecule has 2 heteroatoms. The zero-order chi connectivity index (χ0) is 8.65. The summed E-state index contributed by atoms with van der Waals surface area (Å²) in [5, 5.41) is 2.02. The third-order valence-electron chi connectivity index (χ3n) is 0.942. The van der Waals surface area contributed by atoms with Crippen LogP contribution >= 0.6 is 21.6 Å². The van der Waals surface area contributed by atoms with Gasteiger partial charge in [0.1, 0.15) is 0 Å². The summed E-state index contributed by atoms with van der Waals surface area (Å²) in [7, 11) is 3.31. The molecule has 0 saturated heterocycles. The standard InChI is InChI=1S/C10H6S2/c1-2-3-4-5-7-10-8-6-9-11-12-10/h2,6,8-9H,1H2. The summed E-state index contributed by atoms with van der Waals surface area (Å²) in [5.74, 6) is 11.0. The second-order valence-electron chi connectivity index (χ2n) is 1.76. The molecule has 0 unspecified atom stereocenters. The predicted molar refractivity (Wildman–Crippen MR) is 58.2 cm³/mol. The van der Waals surface area contributed by atoms with Gasteiger partial charge in [-0.1, -0.05) is 29.4 Å². The molecule has 0 spiro atoms. The van der Waals surface area contributed by atoms with Gasteiger partial charge in [0.05, 0.1) is 4.91 Å². The number of hydrogen-bond acceptors (Lipinski definition) is 2. The quantitative estimate of drug-likeness (QED) is 0.425.